The van der Waals surface area contributed by atoms with Gasteiger partial charge in [-0.2, -0.15) is 0 Å². The van der Waals surface area contributed by atoms with E-state index in [1.165, 1.54) is 11.3 Å². The zero-order chi connectivity index (χ0) is 24.2. The molecule has 0 spiro atoms. The number of ether oxygens (including phenoxy) is 3. The number of para-hydroxylation sites is 3. The van der Waals surface area contributed by atoms with E-state index in [0.717, 1.165) is 22.3 Å². The topological polar surface area (TPSA) is 62.1 Å². The van der Waals surface area contributed by atoms with Gasteiger partial charge >= 0.3 is 0 Å². The summed E-state index contributed by atoms with van der Waals surface area (Å²) in [5.74, 6) is 2.36. The summed E-state index contributed by atoms with van der Waals surface area (Å²) < 4.78 is 20.0. The maximum Gasteiger partial charge on any atom is 0.274 e. The maximum atomic E-state index is 13.1. The fraction of sp³-hybridized carbons (Fsp3) is 0.214. The van der Waals surface area contributed by atoms with E-state index in [-0.39, 0.29) is 11.5 Å². The largest absolute Gasteiger partial charge is 0.493 e. The molecule has 0 fully saturated rings. The molecule has 35 heavy (non-hydrogen) atoms. The number of benzene rings is 3. The van der Waals surface area contributed by atoms with Crippen LogP contribution in [-0.4, -0.2) is 29.2 Å². The van der Waals surface area contributed by atoms with Gasteiger partial charge in [0.25, 0.3) is 5.56 Å². The Morgan fingerprint density at radius 1 is 0.943 bits per heavy atom. The normalized spacial score (nSPS) is 12.8. The number of rotatable bonds is 9. The van der Waals surface area contributed by atoms with Crippen LogP contribution in [0.2, 0.25) is 0 Å². The number of thiazole rings is 1. The summed E-state index contributed by atoms with van der Waals surface area (Å²) in [6, 6.07) is 23.2. The van der Waals surface area contributed by atoms with Crippen LogP contribution in [0.3, 0.4) is 0 Å². The van der Waals surface area contributed by atoms with Crippen molar-refractivity contribution in [1.29, 1.82) is 0 Å². The molecule has 0 aliphatic carbocycles. The van der Waals surface area contributed by atoms with Crippen molar-refractivity contribution in [3.05, 3.63) is 93.2 Å². The van der Waals surface area contributed by atoms with E-state index >= 15 is 0 Å². The Bertz CT molecular complexity index is 1560. The highest BCUT2D eigenvalue weighted by Gasteiger charge is 2.12. The van der Waals surface area contributed by atoms with Gasteiger partial charge in [-0.05, 0) is 55.0 Å². The van der Waals surface area contributed by atoms with Crippen molar-refractivity contribution >= 4 is 33.4 Å². The molecule has 0 radical (unpaired) electrons. The van der Waals surface area contributed by atoms with Crippen LogP contribution in [0.5, 0.6) is 17.2 Å². The Labute approximate surface area is 207 Å². The van der Waals surface area contributed by atoms with E-state index in [1.54, 1.807) is 4.40 Å². The van der Waals surface area contributed by atoms with Gasteiger partial charge in [0.15, 0.2) is 16.5 Å². The van der Waals surface area contributed by atoms with Gasteiger partial charge in [-0.25, -0.2) is 9.38 Å². The smallest absolute Gasteiger partial charge is 0.274 e. The third-order valence-electron chi connectivity index (χ3n) is 5.51. The van der Waals surface area contributed by atoms with Gasteiger partial charge < -0.3 is 14.2 Å². The molecular formula is C28H26N2O4S. The fourth-order valence-electron chi connectivity index (χ4n) is 3.80. The molecule has 0 saturated carbocycles. The second-order valence-corrected chi connectivity index (χ2v) is 9.32. The summed E-state index contributed by atoms with van der Waals surface area (Å²) in [6.07, 6.45) is 1.87. The van der Waals surface area contributed by atoms with Gasteiger partial charge in [-0.15, -0.1) is 0 Å². The number of hydrogen-bond donors (Lipinski definition) is 0. The van der Waals surface area contributed by atoms with Crippen LogP contribution >= 0.6 is 11.3 Å². The molecule has 0 N–H and O–H groups in total. The first-order valence-electron chi connectivity index (χ1n) is 11.6. The van der Waals surface area contributed by atoms with Gasteiger partial charge in [0.05, 0.1) is 35.4 Å². The van der Waals surface area contributed by atoms with E-state index in [0.29, 0.717) is 40.8 Å². The number of nitrogens with zero attached hydrogens (tertiary/aromatic N) is 2. The van der Waals surface area contributed by atoms with E-state index < -0.39 is 0 Å². The summed E-state index contributed by atoms with van der Waals surface area (Å²) >= 11 is 1.38. The zero-order valence-electron chi connectivity index (χ0n) is 19.6. The van der Waals surface area contributed by atoms with Crippen LogP contribution in [0.1, 0.15) is 19.4 Å². The molecule has 2 heterocycles. The molecule has 7 heteroatoms. The Kier molecular flexibility index (Phi) is 6.68. The Balaban J connectivity index is 1.34. The lowest BCUT2D eigenvalue weighted by atomic mass is 10.2. The first-order valence-corrected chi connectivity index (χ1v) is 12.4. The minimum atomic E-state index is -0.0655. The van der Waals surface area contributed by atoms with Gasteiger partial charge in [0.1, 0.15) is 5.75 Å². The summed E-state index contributed by atoms with van der Waals surface area (Å²) in [5, 5.41) is 0. The molecule has 5 aromatic rings. The van der Waals surface area contributed by atoms with Gasteiger partial charge in [0.2, 0.25) is 0 Å². The molecule has 0 bridgehead atoms. The quantitative estimate of drug-likeness (QED) is 0.295. The summed E-state index contributed by atoms with van der Waals surface area (Å²) in [6.45, 7) is 5.58. The number of imidazole rings is 1. The van der Waals surface area contributed by atoms with Crippen molar-refractivity contribution in [2.24, 2.45) is 5.92 Å². The molecule has 0 amide bonds. The van der Waals surface area contributed by atoms with Crippen molar-refractivity contribution in [3.8, 4) is 17.2 Å². The molecule has 2 aromatic heterocycles. The van der Waals surface area contributed by atoms with Crippen LogP contribution in [0.15, 0.2) is 77.6 Å². The molecule has 1 atom stereocenters. The van der Waals surface area contributed by atoms with Gasteiger partial charge in [0, 0.05) is 5.92 Å². The van der Waals surface area contributed by atoms with Crippen molar-refractivity contribution in [2.45, 2.75) is 13.8 Å². The number of hydrogen-bond acceptors (Lipinski definition) is 6. The number of aromatic nitrogens is 2. The fourth-order valence-corrected chi connectivity index (χ4v) is 4.79. The van der Waals surface area contributed by atoms with E-state index in [9.17, 15) is 4.79 Å². The monoisotopic (exact) mass is 486 g/mol. The zero-order valence-corrected chi connectivity index (χ0v) is 20.5. The third-order valence-corrected chi connectivity index (χ3v) is 6.48. The average molecular weight is 487 g/mol. The summed E-state index contributed by atoms with van der Waals surface area (Å²) in [7, 11) is 0. The molecule has 6 nitrogen and oxygen atoms in total. The van der Waals surface area contributed by atoms with Gasteiger partial charge in [-0.1, -0.05) is 54.7 Å². The lowest BCUT2D eigenvalue weighted by Gasteiger charge is -2.16. The second kappa shape index (κ2) is 10.2. The lowest BCUT2D eigenvalue weighted by Crippen LogP contribution is -2.22. The number of fused-ring (bicyclic) bond motifs is 3. The average Bonchev–Trinajstić information content (AvgIpc) is 3.39. The van der Waals surface area contributed by atoms with Crippen LogP contribution < -0.4 is 24.3 Å². The molecule has 0 aliphatic rings. The van der Waals surface area contributed by atoms with Crippen molar-refractivity contribution in [3.63, 3.8) is 0 Å². The van der Waals surface area contributed by atoms with E-state index in [4.69, 9.17) is 14.2 Å². The molecular weight excluding hydrogens is 460 g/mol. The Hall–Kier alpha value is -3.84. The van der Waals surface area contributed by atoms with Crippen molar-refractivity contribution in [2.75, 3.05) is 19.8 Å². The highest BCUT2D eigenvalue weighted by molar-refractivity contribution is 7.15. The SMILES string of the molecule is CCOc1cc(C=c2sc3nc4ccccc4n3c2=O)ccc1OC[C@@H](C)COc1ccccc1. The predicted molar refractivity (Wildman–Crippen MR) is 140 cm³/mol. The predicted octanol–water partition coefficient (Wildman–Crippen LogP) is 4.95. The molecule has 0 unspecified atom stereocenters. The molecule has 3 aromatic carbocycles. The Morgan fingerprint density at radius 2 is 1.71 bits per heavy atom. The lowest BCUT2D eigenvalue weighted by molar-refractivity contribution is 0.182. The molecule has 5 rings (SSSR count). The molecule has 178 valence electrons. The minimum absolute atomic E-state index is 0.0655. The third kappa shape index (κ3) is 5.00. The van der Waals surface area contributed by atoms with Crippen LogP contribution in [0.25, 0.3) is 22.1 Å². The van der Waals surface area contributed by atoms with Crippen molar-refractivity contribution < 1.29 is 14.2 Å². The van der Waals surface area contributed by atoms with Crippen LogP contribution in [0, 0.1) is 5.92 Å². The standard InChI is InChI=1S/C28H26N2O4S/c1-3-32-25-15-20(13-14-24(25)34-18-19(2)17-33-21-9-5-4-6-10-21)16-26-27(31)30-23-12-8-7-11-22(23)29-28(30)35-26/h4-16,19H,3,17-18H2,1-2H3/t19-/m0/s1. The minimum Gasteiger partial charge on any atom is -0.493 e. The summed E-state index contributed by atoms with van der Waals surface area (Å²) in [5.41, 5.74) is 2.45. The second-order valence-electron chi connectivity index (χ2n) is 8.31. The highest BCUT2D eigenvalue weighted by Crippen LogP contribution is 2.29. The maximum absolute atomic E-state index is 13.1. The summed E-state index contributed by atoms with van der Waals surface area (Å²) in [4.78, 5) is 18.3. The van der Waals surface area contributed by atoms with Crippen LogP contribution in [-0.2, 0) is 0 Å². The van der Waals surface area contributed by atoms with E-state index in [1.807, 2.05) is 85.8 Å². The first-order chi connectivity index (χ1) is 17.1. The van der Waals surface area contributed by atoms with Crippen LogP contribution in [0.4, 0.5) is 0 Å². The Morgan fingerprint density at radius 3 is 2.54 bits per heavy atom. The van der Waals surface area contributed by atoms with Gasteiger partial charge in [-0.3, -0.25) is 4.79 Å². The van der Waals surface area contributed by atoms with Crippen molar-refractivity contribution in [1.82, 2.24) is 9.38 Å². The highest BCUT2D eigenvalue weighted by atomic mass is 32.1. The van der Waals surface area contributed by atoms with E-state index in [2.05, 4.69) is 11.9 Å². The molecule has 0 aliphatic heterocycles. The first kappa shape index (κ1) is 22.9. The molecule has 0 saturated heterocycles.